The maximum atomic E-state index is 11.4. The molecule has 0 spiro atoms. The third-order valence-corrected chi connectivity index (χ3v) is 3.35. The molecule has 0 aliphatic carbocycles. The molecule has 0 aliphatic rings. The molecule has 0 saturated carbocycles. The molecule has 1 amide bonds. The van der Waals surface area contributed by atoms with Crippen molar-refractivity contribution in [1.82, 2.24) is 5.32 Å². The molecule has 0 bridgehead atoms. The van der Waals surface area contributed by atoms with Gasteiger partial charge in [-0.1, -0.05) is 26.0 Å². The second kappa shape index (κ2) is 7.37. The molecule has 0 heterocycles. The molecule has 2 unspecified atom stereocenters. The summed E-state index contributed by atoms with van der Waals surface area (Å²) < 4.78 is 5.10. The van der Waals surface area contributed by atoms with E-state index in [1.165, 1.54) is 20.0 Å². The Hall–Kier alpha value is -1.67. The van der Waals surface area contributed by atoms with Gasteiger partial charge in [-0.25, -0.2) is 4.79 Å². The third kappa shape index (κ3) is 4.15. The normalized spacial score (nSPS) is 14.1. The number of hydrogen-bond acceptors (Lipinski definition) is 6. The van der Waals surface area contributed by atoms with Crippen molar-refractivity contribution in [2.45, 2.75) is 38.3 Å². The van der Waals surface area contributed by atoms with E-state index >= 15 is 0 Å². The van der Waals surface area contributed by atoms with Crippen LogP contribution in [0.15, 0.2) is 18.2 Å². The van der Waals surface area contributed by atoms with Gasteiger partial charge in [-0.05, 0) is 11.6 Å². The van der Waals surface area contributed by atoms with Crippen LogP contribution in [0.1, 0.15) is 36.8 Å². The molecule has 7 heteroatoms. The fraction of sp³-hybridized carbons (Fsp3) is 0.500. The van der Waals surface area contributed by atoms with Gasteiger partial charge in [-0.2, -0.15) is 0 Å². The van der Waals surface area contributed by atoms with Gasteiger partial charge in [0, 0.05) is 24.4 Å². The highest BCUT2D eigenvalue weighted by atomic mass is 16.6. The molecule has 1 aromatic carbocycles. The first-order valence-corrected chi connectivity index (χ1v) is 6.54. The first kappa shape index (κ1) is 17.4. The summed E-state index contributed by atoms with van der Waals surface area (Å²) in [6, 6.07) is 4.71. The quantitative estimate of drug-likeness (QED) is 0.497. The van der Waals surface area contributed by atoms with Crippen molar-refractivity contribution < 1.29 is 30.0 Å². The molecule has 0 aliphatic heterocycles. The van der Waals surface area contributed by atoms with Crippen LogP contribution in [0.3, 0.4) is 0 Å². The summed E-state index contributed by atoms with van der Waals surface area (Å²) in [4.78, 5) is 11.4. The summed E-state index contributed by atoms with van der Waals surface area (Å²) in [6.07, 6.45) is -4.01. The number of carbonyl (C=O) groups excluding carboxylic acids is 1. The molecule has 5 N–H and O–H groups in total. The number of nitrogens with one attached hydrogen (secondary N) is 1. The predicted octanol–water partition coefficient (Wildman–Crippen LogP) is 0.233. The maximum Gasteiger partial charge on any atom is 0.412 e. The van der Waals surface area contributed by atoms with Crippen molar-refractivity contribution in [2.24, 2.45) is 0 Å². The van der Waals surface area contributed by atoms with Crippen molar-refractivity contribution >= 4 is 6.09 Å². The fourth-order valence-electron chi connectivity index (χ4n) is 1.99. The van der Waals surface area contributed by atoms with E-state index in [9.17, 15) is 25.2 Å². The largest absolute Gasteiger partial charge is 0.412 e. The summed E-state index contributed by atoms with van der Waals surface area (Å²) in [7, 11) is 1.40. The van der Waals surface area contributed by atoms with Crippen LogP contribution in [0.4, 0.5) is 4.79 Å². The highest BCUT2D eigenvalue weighted by molar-refractivity contribution is 5.70. The molecule has 21 heavy (non-hydrogen) atoms. The average molecular weight is 299 g/mol. The van der Waals surface area contributed by atoms with E-state index in [1.54, 1.807) is 19.1 Å². The zero-order chi connectivity index (χ0) is 16.2. The lowest BCUT2D eigenvalue weighted by Gasteiger charge is -2.25. The van der Waals surface area contributed by atoms with Crippen LogP contribution in [-0.4, -0.2) is 46.1 Å². The smallest absolute Gasteiger partial charge is 0.410 e. The summed E-state index contributed by atoms with van der Waals surface area (Å²) in [5.41, 5.74) is 0.809. The van der Waals surface area contributed by atoms with E-state index in [-0.39, 0.29) is 5.75 Å². The van der Waals surface area contributed by atoms with Gasteiger partial charge in [-0.15, -0.1) is 0 Å². The summed E-state index contributed by atoms with van der Waals surface area (Å²) in [5.74, 6) is -1.32. The Labute approximate surface area is 122 Å². The van der Waals surface area contributed by atoms with Crippen molar-refractivity contribution in [2.75, 3.05) is 7.05 Å². The second-order valence-corrected chi connectivity index (χ2v) is 4.80. The highest BCUT2D eigenvalue weighted by Crippen LogP contribution is 2.36. The van der Waals surface area contributed by atoms with Gasteiger partial charge >= 0.3 is 6.09 Å². The summed E-state index contributed by atoms with van der Waals surface area (Å²) in [5, 5.41) is 39.8. The number of ether oxygens (including phenoxy) is 1. The SMILES string of the molecule is CNC(=O)Oc1cccc(C(C)C(O)O)c1C(C)C(O)O. The molecule has 7 nitrogen and oxygen atoms in total. The lowest BCUT2D eigenvalue weighted by molar-refractivity contribution is -0.0623. The molecule has 0 fully saturated rings. The number of benzene rings is 1. The fourth-order valence-corrected chi connectivity index (χ4v) is 1.99. The lowest BCUT2D eigenvalue weighted by Crippen LogP contribution is -2.25. The van der Waals surface area contributed by atoms with Crippen molar-refractivity contribution in [3.8, 4) is 5.75 Å². The van der Waals surface area contributed by atoms with Crippen LogP contribution >= 0.6 is 0 Å². The van der Waals surface area contributed by atoms with Gasteiger partial charge in [0.2, 0.25) is 0 Å². The molecule has 2 atom stereocenters. The van der Waals surface area contributed by atoms with Crippen molar-refractivity contribution in [1.29, 1.82) is 0 Å². The molecular weight excluding hydrogens is 278 g/mol. The minimum Gasteiger partial charge on any atom is -0.410 e. The Morgan fingerprint density at radius 2 is 1.67 bits per heavy atom. The first-order chi connectivity index (χ1) is 9.79. The lowest BCUT2D eigenvalue weighted by atomic mass is 9.87. The molecular formula is C14H21NO6. The molecule has 118 valence electrons. The monoisotopic (exact) mass is 299 g/mol. The van der Waals surface area contributed by atoms with E-state index in [1.807, 2.05) is 0 Å². The van der Waals surface area contributed by atoms with E-state index in [4.69, 9.17) is 4.74 Å². The number of amides is 1. The van der Waals surface area contributed by atoms with Crippen LogP contribution in [-0.2, 0) is 0 Å². The molecule has 0 saturated heterocycles. The Balaban J connectivity index is 3.37. The Morgan fingerprint density at radius 1 is 1.10 bits per heavy atom. The number of aliphatic hydroxyl groups excluding tert-OH is 2. The first-order valence-electron chi connectivity index (χ1n) is 6.54. The van der Waals surface area contributed by atoms with E-state index in [2.05, 4.69) is 5.32 Å². The molecule has 1 rings (SSSR count). The molecule has 0 radical (unpaired) electrons. The van der Waals surface area contributed by atoms with Gasteiger partial charge in [-0.3, -0.25) is 0 Å². The zero-order valence-electron chi connectivity index (χ0n) is 12.1. The van der Waals surface area contributed by atoms with E-state index in [0.29, 0.717) is 11.1 Å². The third-order valence-electron chi connectivity index (χ3n) is 3.35. The highest BCUT2D eigenvalue weighted by Gasteiger charge is 2.27. The topological polar surface area (TPSA) is 119 Å². The van der Waals surface area contributed by atoms with Gasteiger partial charge in [0.05, 0.1) is 0 Å². The summed E-state index contributed by atoms with van der Waals surface area (Å²) >= 11 is 0. The minimum atomic E-state index is -1.68. The van der Waals surface area contributed by atoms with Crippen LogP contribution in [0.2, 0.25) is 0 Å². The molecule has 0 aromatic heterocycles. The predicted molar refractivity (Wildman–Crippen MR) is 74.8 cm³/mol. The van der Waals surface area contributed by atoms with Crippen molar-refractivity contribution in [3.63, 3.8) is 0 Å². The van der Waals surface area contributed by atoms with Crippen LogP contribution in [0, 0.1) is 0 Å². The zero-order valence-corrected chi connectivity index (χ0v) is 12.1. The molecule has 1 aromatic rings. The Bertz CT molecular complexity index is 488. The van der Waals surface area contributed by atoms with E-state index < -0.39 is 30.5 Å². The number of hydrogen-bond donors (Lipinski definition) is 5. The Morgan fingerprint density at radius 3 is 2.14 bits per heavy atom. The van der Waals surface area contributed by atoms with Crippen LogP contribution in [0.5, 0.6) is 5.75 Å². The van der Waals surface area contributed by atoms with Crippen molar-refractivity contribution in [3.05, 3.63) is 29.3 Å². The number of carbonyl (C=O) groups is 1. The maximum absolute atomic E-state index is 11.4. The van der Waals surface area contributed by atoms with Crippen LogP contribution < -0.4 is 10.1 Å². The number of aliphatic hydroxyl groups is 4. The standard InChI is InChI=1S/C14H21NO6/c1-7(12(16)17)9-5-4-6-10(21-14(20)15-3)11(9)8(2)13(18)19/h4-8,12-13,16-19H,1-3H3,(H,15,20). The van der Waals surface area contributed by atoms with Gasteiger partial charge in [0.1, 0.15) is 5.75 Å². The average Bonchev–Trinajstić information content (AvgIpc) is 2.45. The van der Waals surface area contributed by atoms with Gasteiger partial charge in [0.25, 0.3) is 0 Å². The van der Waals surface area contributed by atoms with E-state index in [0.717, 1.165) is 0 Å². The minimum absolute atomic E-state index is 0.139. The Kier molecular flexibility index (Phi) is 6.10. The van der Waals surface area contributed by atoms with Gasteiger partial charge in [0.15, 0.2) is 12.6 Å². The van der Waals surface area contributed by atoms with Crippen LogP contribution in [0.25, 0.3) is 0 Å². The van der Waals surface area contributed by atoms with Gasteiger partial charge < -0.3 is 30.5 Å². The second-order valence-electron chi connectivity index (χ2n) is 4.80. The summed E-state index contributed by atoms with van der Waals surface area (Å²) in [6.45, 7) is 3.11. The number of rotatable bonds is 5.